The highest BCUT2D eigenvalue weighted by atomic mass is 32.2. The molecule has 4 heterocycles. The molecule has 0 aromatic heterocycles. The van der Waals surface area contributed by atoms with Crippen LogP contribution in [0.5, 0.6) is 0 Å². The van der Waals surface area contributed by atoms with Crippen LogP contribution >= 0.6 is 0 Å². The summed E-state index contributed by atoms with van der Waals surface area (Å²) in [6.07, 6.45) is -0.661. The largest absolute Gasteiger partial charge is 0.370 e. The van der Waals surface area contributed by atoms with Crippen molar-refractivity contribution < 1.29 is 37.4 Å². The number of nitrogens with zero attached hydrogens (tertiary/aromatic N) is 3. The lowest BCUT2D eigenvalue weighted by molar-refractivity contribution is -0.522. The Morgan fingerprint density at radius 3 is 2.52 bits per heavy atom. The fraction of sp³-hybridized carbons (Fsp3) is 0.714. The Kier molecular flexibility index (Phi) is 4.10. The summed E-state index contributed by atoms with van der Waals surface area (Å²) >= 11 is 0. The van der Waals surface area contributed by atoms with E-state index in [9.17, 15) is 28.2 Å². The first-order chi connectivity index (χ1) is 13.4. The van der Waals surface area contributed by atoms with Crippen molar-refractivity contribution in [2.24, 2.45) is 16.5 Å². The zero-order chi connectivity index (χ0) is 21.4. The van der Waals surface area contributed by atoms with Crippen LogP contribution in [0.3, 0.4) is 0 Å². The molecule has 4 atom stereocenters. The van der Waals surface area contributed by atoms with Gasteiger partial charge in [0.25, 0.3) is 21.6 Å². The van der Waals surface area contributed by atoms with Crippen LogP contribution in [0, 0.1) is 0 Å². The van der Waals surface area contributed by atoms with E-state index in [0.29, 0.717) is 0 Å². The van der Waals surface area contributed by atoms with Gasteiger partial charge in [-0.2, -0.15) is 8.42 Å². The minimum Gasteiger partial charge on any atom is -0.370 e. The third kappa shape index (κ3) is 2.76. The van der Waals surface area contributed by atoms with E-state index in [-0.39, 0.29) is 49.7 Å². The van der Waals surface area contributed by atoms with Gasteiger partial charge in [-0.25, -0.2) is 10.3 Å². The van der Waals surface area contributed by atoms with Crippen molar-refractivity contribution in [1.82, 2.24) is 15.1 Å². The van der Waals surface area contributed by atoms with Gasteiger partial charge in [0.15, 0.2) is 18.1 Å². The Bertz CT molecular complexity index is 932. The second-order valence-corrected chi connectivity index (χ2v) is 9.11. The number of guanidine groups is 2. The van der Waals surface area contributed by atoms with Gasteiger partial charge in [0.2, 0.25) is 11.8 Å². The third-order valence-corrected chi connectivity index (χ3v) is 6.23. The summed E-state index contributed by atoms with van der Waals surface area (Å²) in [5.74, 6) is -3.71. The molecular formula is C14H22N7O7S+. The third-order valence-electron chi connectivity index (χ3n) is 5.65. The minimum atomic E-state index is -4.04. The molecule has 4 aliphatic heterocycles. The predicted octanol–water partition coefficient (Wildman–Crippen LogP) is -6.76. The first-order valence-corrected chi connectivity index (χ1v) is 10.6. The Morgan fingerprint density at radius 2 is 1.93 bits per heavy atom. The van der Waals surface area contributed by atoms with E-state index in [1.54, 1.807) is 0 Å². The molecular weight excluding hydrogens is 410 g/mol. The number of nitrogens with two attached hydrogens (primary N) is 2. The average molecular weight is 432 g/mol. The molecule has 14 nitrogen and oxygen atoms in total. The molecule has 160 valence electrons. The number of rotatable bonds is 4. The summed E-state index contributed by atoms with van der Waals surface area (Å²) in [5.41, 5.74) is 10.1. The van der Waals surface area contributed by atoms with Crippen LogP contribution in [0.1, 0.15) is 12.8 Å². The van der Waals surface area contributed by atoms with Gasteiger partial charge in [0.1, 0.15) is 6.04 Å². The monoisotopic (exact) mass is 432 g/mol. The Morgan fingerprint density at radius 1 is 1.31 bits per heavy atom. The number of carbonyl (C=O) groups excluding carboxylic acids is 2. The van der Waals surface area contributed by atoms with Gasteiger partial charge >= 0.3 is 5.96 Å². The van der Waals surface area contributed by atoms with Crippen molar-refractivity contribution >= 4 is 33.9 Å². The van der Waals surface area contributed by atoms with E-state index < -0.39 is 39.8 Å². The first kappa shape index (κ1) is 19.8. The molecule has 0 bridgehead atoms. The van der Waals surface area contributed by atoms with E-state index in [2.05, 4.69) is 15.3 Å². The van der Waals surface area contributed by atoms with Crippen molar-refractivity contribution in [2.45, 2.75) is 42.5 Å². The molecule has 0 aliphatic carbocycles. The van der Waals surface area contributed by atoms with Gasteiger partial charge in [0, 0.05) is 12.8 Å². The topological polar surface area (TPSA) is 215 Å². The van der Waals surface area contributed by atoms with Gasteiger partial charge in [0.05, 0.1) is 19.3 Å². The summed E-state index contributed by atoms with van der Waals surface area (Å²) in [5, 5.41) is 24.7. The molecule has 2 saturated heterocycles. The van der Waals surface area contributed by atoms with E-state index in [0.717, 1.165) is 11.2 Å². The van der Waals surface area contributed by atoms with Crippen molar-refractivity contribution in [2.75, 3.05) is 19.3 Å². The zero-order valence-corrected chi connectivity index (χ0v) is 16.2. The van der Waals surface area contributed by atoms with E-state index in [1.165, 1.54) is 4.90 Å². The number of carbonyl (C=O) groups is 2. The number of imide groups is 1. The van der Waals surface area contributed by atoms with Crippen molar-refractivity contribution in [3.8, 4) is 0 Å². The van der Waals surface area contributed by atoms with E-state index in [1.807, 2.05) is 0 Å². The number of aliphatic imine (C=N–C) groups is 1. The maximum absolute atomic E-state index is 12.0. The molecule has 1 spiro atoms. The second kappa shape index (κ2) is 6.01. The quantitative estimate of drug-likeness (QED) is 0.139. The smallest absolute Gasteiger partial charge is 0.343 e. The fourth-order valence-electron chi connectivity index (χ4n) is 4.46. The Hall–Kier alpha value is -2.49. The van der Waals surface area contributed by atoms with Crippen molar-refractivity contribution in [3.05, 3.63) is 0 Å². The molecule has 2 amide bonds. The molecule has 8 N–H and O–H groups in total. The van der Waals surface area contributed by atoms with Crippen LogP contribution in [0.15, 0.2) is 4.99 Å². The number of nitrogens with one attached hydrogen (secondary N) is 2. The van der Waals surface area contributed by atoms with Crippen molar-refractivity contribution in [1.29, 1.82) is 0 Å². The lowest BCUT2D eigenvalue weighted by Gasteiger charge is -2.46. The maximum atomic E-state index is 12.0. The predicted molar refractivity (Wildman–Crippen MR) is 94.8 cm³/mol. The molecule has 2 fully saturated rings. The summed E-state index contributed by atoms with van der Waals surface area (Å²) in [6, 6.07) is -1.86. The van der Waals surface area contributed by atoms with Crippen LogP contribution in [0.4, 0.5) is 0 Å². The molecule has 0 saturated carbocycles. The fourth-order valence-corrected chi connectivity index (χ4v) is 5.08. The van der Waals surface area contributed by atoms with E-state index >= 15 is 0 Å². The van der Waals surface area contributed by atoms with Crippen LogP contribution in [0.2, 0.25) is 0 Å². The second-order valence-electron chi connectivity index (χ2n) is 7.51. The van der Waals surface area contributed by atoms with Gasteiger partial charge in [-0.1, -0.05) is 0 Å². The highest BCUT2D eigenvalue weighted by Gasteiger charge is 2.77. The van der Waals surface area contributed by atoms with Gasteiger partial charge < -0.3 is 15.9 Å². The average Bonchev–Trinajstić information content (AvgIpc) is 3.17. The standard InChI is InChI=1S/C14H21N7O7S/c1-29(26,27)28-7-5-21-12(16)17-6(4-20-8(22)2-3-9(20)23)10-13(21,14(7,24)25)19-11(15)18-10/h6-7,10,24-25H,2-5H2,1H3,(H2,16,17)(H3,15,18,19)/p+1/t6-,7-,10-,13-/m0/s1. The van der Waals surface area contributed by atoms with Gasteiger partial charge in [-0.05, 0) is 0 Å². The Labute approximate surface area is 165 Å². The SMILES string of the molecule is CS(=O)(=O)O[C@H]1CN2C(N)=N[C@@H](CN3C(=O)CCC3=O)[C@@H]3[NH+]=C(N)N[C@@]32C1(O)O. The molecule has 29 heavy (non-hydrogen) atoms. The summed E-state index contributed by atoms with van der Waals surface area (Å²) in [6.45, 7) is -0.476. The van der Waals surface area contributed by atoms with Crippen LogP contribution in [0.25, 0.3) is 0 Å². The summed E-state index contributed by atoms with van der Waals surface area (Å²) in [7, 11) is -4.04. The molecule has 0 unspecified atom stereocenters. The van der Waals surface area contributed by atoms with Gasteiger partial charge in [-0.3, -0.25) is 34.3 Å². The molecule has 4 rings (SSSR count). The number of hydrogen-bond acceptors (Lipinski definition) is 12. The zero-order valence-electron chi connectivity index (χ0n) is 15.4. The number of likely N-dealkylation sites (tertiary alicyclic amines) is 1. The van der Waals surface area contributed by atoms with Gasteiger partial charge in [-0.15, -0.1) is 0 Å². The maximum Gasteiger partial charge on any atom is 0.343 e. The lowest BCUT2D eigenvalue weighted by atomic mass is 9.85. The number of hydrogen-bond donors (Lipinski definition) is 6. The first-order valence-electron chi connectivity index (χ1n) is 8.81. The summed E-state index contributed by atoms with van der Waals surface area (Å²) < 4.78 is 28.1. The molecule has 15 heteroatoms. The number of aliphatic hydroxyl groups is 2. The number of amides is 2. The van der Waals surface area contributed by atoms with E-state index in [4.69, 9.17) is 15.7 Å². The molecule has 4 aliphatic rings. The highest BCUT2D eigenvalue weighted by molar-refractivity contribution is 7.86. The molecule has 0 radical (unpaired) electrons. The van der Waals surface area contributed by atoms with Crippen LogP contribution in [-0.2, 0) is 23.9 Å². The highest BCUT2D eigenvalue weighted by Crippen LogP contribution is 2.42. The van der Waals surface area contributed by atoms with Crippen molar-refractivity contribution in [3.63, 3.8) is 0 Å². The Balaban J connectivity index is 1.74. The summed E-state index contributed by atoms with van der Waals surface area (Å²) in [4.78, 5) is 33.5. The lowest BCUT2D eigenvalue weighted by Crippen LogP contribution is -2.90. The molecule has 0 aromatic rings. The van der Waals surface area contributed by atoms with Crippen LogP contribution in [-0.4, -0.2) is 101 Å². The normalized spacial score (nSPS) is 35.9. The van der Waals surface area contributed by atoms with Crippen LogP contribution < -0.4 is 21.8 Å². The molecule has 0 aromatic carbocycles. The minimum absolute atomic E-state index is 0.0403.